The van der Waals surface area contributed by atoms with E-state index in [0.29, 0.717) is 12.0 Å². The minimum atomic E-state index is -0.919. The highest BCUT2D eigenvalue weighted by atomic mass is 79.9. The predicted molar refractivity (Wildman–Crippen MR) is 86.8 cm³/mol. The Hall–Kier alpha value is -1.20. The Morgan fingerprint density at radius 1 is 1.05 bits per heavy atom. The molecule has 21 heavy (non-hydrogen) atoms. The first-order valence-electron chi connectivity index (χ1n) is 6.37. The normalized spacial score (nSPS) is 12.1. The summed E-state index contributed by atoms with van der Waals surface area (Å²) in [6.07, 6.45) is 0.533. The Bertz CT molecular complexity index is 641. The van der Waals surface area contributed by atoms with Crippen molar-refractivity contribution in [1.29, 1.82) is 0 Å². The van der Waals surface area contributed by atoms with Gasteiger partial charge in [-0.05, 0) is 54.3 Å². The maximum Gasteiger partial charge on any atom is 0.307 e. The highest BCUT2D eigenvalue weighted by Gasteiger charge is 2.20. The molecule has 0 aliphatic heterocycles. The second kappa shape index (κ2) is 7.18. The molecule has 0 saturated carbocycles. The maximum absolute atomic E-state index is 13.8. The summed E-state index contributed by atoms with van der Waals surface area (Å²) in [7, 11) is 0. The molecule has 0 radical (unpaired) electrons. The minimum absolute atomic E-state index is 0.163. The summed E-state index contributed by atoms with van der Waals surface area (Å²) in [5.41, 5.74) is 1.33. The summed E-state index contributed by atoms with van der Waals surface area (Å²) in [6, 6.07) is 12.1. The van der Waals surface area contributed by atoms with Crippen molar-refractivity contribution in [1.82, 2.24) is 0 Å². The quantitative estimate of drug-likeness (QED) is 0.758. The van der Waals surface area contributed by atoms with E-state index in [1.54, 1.807) is 12.1 Å². The van der Waals surface area contributed by atoms with Crippen LogP contribution in [0.1, 0.15) is 11.1 Å². The van der Waals surface area contributed by atoms with Crippen LogP contribution < -0.4 is 0 Å². The summed E-state index contributed by atoms with van der Waals surface area (Å²) in [5.74, 6) is -1.95. The Balaban J connectivity index is 2.17. The zero-order chi connectivity index (χ0) is 15.4. The Morgan fingerprint density at radius 3 is 2.29 bits per heavy atom. The highest BCUT2D eigenvalue weighted by Crippen LogP contribution is 2.22. The van der Waals surface area contributed by atoms with Crippen LogP contribution in [0.2, 0.25) is 0 Å². The number of benzene rings is 2. The largest absolute Gasteiger partial charge is 0.481 e. The molecule has 2 nitrogen and oxygen atoms in total. The van der Waals surface area contributed by atoms with Crippen LogP contribution in [0.3, 0.4) is 0 Å². The van der Waals surface area contributed by atoms with E-state index < -0.39 is 11.9 Å². The van der Waals surface area contributed by atoms with Crippen LogP contribution in [0.25, 0.3) is 0 Å². The number of halogens is 3. The molecule has 0 amide bonds. The lowest BCUT2D eigenvalue weighted by Gasteiger charge is -2.13. The maximum atomic E-state index is 13.8. The van der Waals surface area contributed by atoms with Gasteiger partial charge in [0.1, 0.15) is 5.82 Å². The molecule has 2 aromatic carbocycles. The topological polar surface area (TPSA) is 37.3 Å². The number of hydrogen-bond donors (Lipinski definition) is 1. The lowest BCUT2D eigenvalue weighted by Crippen LogP contribution is -2.19. The Kier molecular flexibility index (Phi) is 5.53. The molecule has 110 valence electrons. The molecule has 1 N–H and O–H groups in total. The zero-order valence-electron chi connectivity index (χ0n) is 11.0. The number of rotatable bonds is 5. The minimum Gasteiger partial charge on any atom is -0.481 e. The van der Waals surface area contributed by atoms with Crippen LogP contribution in [0.4, 0.5) is 4.39 Å². The van der Waals surface area contributed by atoms with Crippen molar-refractivity contribution in [3.8, 4) is 0 Å². The Morgan fingerprint density at radius 2 is 1.67 bits per heavy atom. The van der Waals surface area contributed by atoms with Crippen molar-refractivity contribution < 1.29 is 14.3 Å². The molecule has 5 heteroatoms. The fraction of sp³-hybridized carbons (Fsp3) is 0.188. The van der Waals surface area contributed by atoms with E-state index in [1.165, 1.54) is 6.07 Å². The monoisotopic (exact) mass is 414 g/mol. The first-order chi connectivity index (χ1) is 9.95. The van der Waals surface area contributed by atoms with Gasteiger partial charge in [-0.2, -0.15) is 0 Å². The molecule has 1 unspecified atom stereocenters. The molecular weight excluding hydrogens is 403 g/mol. The van der Waals surface area contributed by atoms with Gasteiger partial charge in [-0.15, -0.1) is 0 Å². The number of carbonyl (C=O) groups is 1. The average Bonchev–Trinajstić information content (AvgIpc) is 2.44. The van der Waals surface area contributed by atoms with Gasteiger partial charge in [-0.1, -0.05) is 44.0 Å². The van der Waals surface area contributed by atoms with Gasteiger partial charge >= 0.3 is 5.97 Å². The van der Waals surface area contributed by atoms with E-state index in [4.69, 9.17) is 0 Å². The van der Waals surface area contributed by atoms with Gasteiger partial charge in [-0.25, -0.2) is 4.39 Å². The van der Waals surface area contributed by atoms with Gasteiger partial charge in [0.25, 0.3) is 0 Å². The highest BCUT2D eigenvalue weighted by molar-refractivity contribution is 9.10. The third-order valence-electron chi connectivity index (χ3n) is 3.22. The number of aliphatic carboxylic acids is 1. The van der Waals surface area contributed by atoms with Gasteiger partial charge in [0.05, 0.1) is 5.92 Å². The molecule has 0 aliphatic carbocycles. The van der Waals surface area contributed by atoms with Crippen molar-refractivity contribution in [3.63, 3.8) is 0 Å². The van der Waals surface area contributed by atoms with E-state index in [-0.39, 0.29) is 12.2 Å². The third-order valence-corrected chi connectivity index (χ3v) is 4.24. The Labute approximate surface area is 139 Å². The van der Waals surface area contributed by atoms with E-state index in [1.807, 2.05) is 24.3 Å². The van der Waals surface area contributed by atoms with E-state index in [0.717, 1.165) is 14.5 Å². The van der Waals surface area contributed by atoms with Gasteiger partial charge in [0, 0.05) is 8.95 Å². The third kappa shape index (κ3) is 4.64. The SMILES string of the molecule is O=C(O)C(Cc1ccc(Br)cc1)Cc1cc(Br)ccc1F. The molecule has 0 aliphatic rings. The standard InChI is InChI=1S/C16H13Br2FO2/c17-13-3-1-10(2-4-13)7-12(16(20)21)8-11-9-14(18)5-6-15(11)19/h1-6,9,12H,7-8H2,(H,20,21). The molecule has 2 rings (SSSR count). The first kappa shape index (κ1) is 16.2. The molecule has 2 aromatic rings. The van der Waals surface area contributed by atoms with E-state index >= 15 is 0 Å². The second-order valence-corrected chi connectivity index (χ2v) is 6.64. The van der Waals surface area contributed by atoms with Gasteiger partial charge in [-0.3, -0.25) is 4.79 Å². The van der Waals surface area contributed by atoms with Crippen LogP contribution in [0.15, 0.2) is 51.4 Å². The van der Waals surface area contributed by atoms with Crippen LogP contribution in [-0.4, -0.2) is 11.1 Å². The molecule has 0 aromatic heterocycles. The van der Waals surface area contributed by atoms with Crippen LogP contribution in [0.5, 0.6) is 0 Å². The summed E-state index contributed by atoms with van der Waals surface area (Å²) in [4.78, 5) is 11.4. The van der Waals surface area contributed by atoms with E-state index in [2.05, 4.69) is 31.9 Å². The van der Waals surface area contributed by atoms with Gasteiger partial charge in [0.2, 0.25) is 0 Å². The first-order valence-corrected chi connectivity index (χ1v) is 7.95. The van der Waals surface area contributed by atoms with Crippen molar-refractivity contribution in [2.24, 2.45) is 5.92 Å². The summed E-state index contributed by atoms with van der Waals surface area (Å²) < 4.78 is 15.4. The molecule has 0 spiro atoms. The van der Waals surface area contributed by atoms with E-state index in [9.17, 15) is 14.3 Å². The van der Waals surface area contributed by atoms with Crippen molar-refractivity contribution in [3.05, 3.63) is 68.4 Å². The van der Waals surface area contributed by atoms with Crippen molar-refractivity contribution >= 4 is 37.8 Å². The average molecular weight is 416 g/mol. The summed E-state index contributed by atoms with van der Waals surface area (Å²) in [6.45, 7) is 0. The molecule has 1 atom stereocenters. The number of carboxylic acid groups (broad SMARTS) is 1. The molecule has 0 saturated heterocycles. The fourth-order valence-corrected chi connectivity index (χ4v) is 2.79. The smallest absolute Gasteiger partial charge is 0.307 e. The van der Waals surface area contributed by atoms with Crippen LogP contribution in [-0.2, 0) is 17.6 Å². The number of carboxylic acids is 1. The summed E-state index contributed by atoms with van der Waals surface area (Å²) >= 11 is 6.62. The molecule has 0 fully saturated rings. The van der Waals surface area contributed by atoms with Gasteiger partial charge < -0.3 is 5.11 Å². The lowest BCUT2D eigenvalue weighted by molar-refractivity contribution is -0.141. The molecular formula is C16H13Br2FO2. The van der Waals surface area contributed by atoms with Crippen molar-refractivity contribution in [2.45, 2.75) is 12.8 Å². The van der Waals surface area contributed by atoms with Crippen molar-refractivity contribution in [2.75, 3.05) is 0 Å². The fourth-order valence-electron chi connectivity index (χ4n) is 2.12. The zero-order valence-corrected chi connectivity index (χ0v) is 14.2. The van der Waals surface area contributed by atoms with Crippen LogP contribution >= 0.6 is 31.9 Å². The van der Waals surface area contributed by atoms with Crippen LogP contribution in [0, 0.1) is 11.7 Å². The lowest BCUT2D eigenvalue weighted by atomic mass is 9.92. The van der Waals surface area contributed by atoms with Gasteiger partial charge in [0.15, 0.2) is 0 Å². The second-order valence-electron chi connectivity index (χ2n) is 4.81. The molecule has 0 heterocycles. The number of hydrogen-bond acceptors (Lipinski definition) is 1. The molecule has 0 bridgehead atoms. The predicted octanol–water partition coefficient (Wildman–Crippen LogP) is 4.84. The summed E-state index contributed by atoms with van der Waals surface area (Å²) in [5, 5.41) is 9.37.